The van der Waals surface area contributed by atoms with Crippen molar-refractivity contribution in [3.63, 3.8) is 0 Å². The van der Waals surface area contributed by atoms with Crippen LogP contribution in [0.25, 0.3) is 77.0 Å². The zero-order valence-electron chi connectivity index (χ0n) is 24.1. The zero-order valence-corrected chi connectivity index (χ0v) is 24.1. The van der Waals surface area contributed by atoms with Gasteiger partial charge in [-0.05, 0) is 66.7 Å². The third-order valence-electron chi connectivity index (χ3n) is 9.38. The molecule has 0 saturated heterocycles. The van der Waals surface area contributed by atoms with Gasteiger partial charge in [0.2, 0.25) is 0 Å². The molecule has 2 heteroatoms. The average Bonchev–Trinajstić information content (AvgIpc) is 3.31. The van der Waals surface area contributed by atoms with E-state index in [1.54, 1.807) is 0 Å². The fourth-order valence-electron chi connectivity index (χ4n) is 7.57. The Morgan fingerprint density at radius 1 is 0.465 bits per heavy atom. The first kappa shape index (κ1) is 24.3. The number of aromatic nitrogens is 2. The van der Waals surface area contributed by atoms with Crippen LogP contribution in [-0.4, -0.2) is 9.97 Å². The largest absolute Gasteiger partial charge is 0.228 e. The molecule has 0 radical (unpaired) electrons. The van der Waals surface area contributed by atoms with Gasteiger partial charge in [-0.15, -0.1) is 0 Å². The molecule has 0 saturated carbocycles. The molecule has 202 valence electrons. The maximum absolute atomic E-state index is 5.14. The van der Waals surface area contributed by atoms with Crippen molar-refractivity contribution in [2.75, 3.05) is 0 Å². The summed E-state index contributed by atoms with van der Waals surface area (Å²) in [4.78, 5) is 10.2. The summed E-state index contributed by atoms with van der Waals surface area (Å²) in [6.07, 6.45) is 0. The van der Waals surface area contributed by atoms with E-state index in [-0.39, 0.29) is 5.41 Å². The molecule has 7 aromatic carbocycles. The molecule has 43 heavy (non-hydrogen) atoms. The van der Waals surface area contributed by atoms with E-state index in [9.17, 15) is 0 Å². The molecule has 9 rings (SSSR count). The molecule has 0 unspecified atom stereocenters. The summed E-state index contributed by atoms with van der Waals surface area (Å²) in [5.41, 5.74) is 9.44. The van der Waals surface area contributed by atoms with E-state index in [1.165, 1.54) is 54.6 Å². The van der Waals surface area contributed by atoms with Crippen LogP contribution < -0.4 is 0 Å². The summed E-state index contributed by atoms with van der Waals surface area (Å²) in [5, 5.41) is 8.89. The van der Waals surface area contributed by atoms with Gasteiger partial charge in [0.15, 0.2) is 5.82 Å². The quantitative estimate of drug-likeness (QED) is 0.201. The molecule has 1 aliphatic carbocycles. The van der Waals surface area contributed by atoms with E-state index in [0.29, 0.717) is 0 Å². The molecular formula is C41H28N2. The van der Waals surface area contributed by atoms with Crippen molar-refractivity contribution < 1.29 is 0 Å². The molecule has 0 N–H and O–H groups in total. The van der Waals surface area contributed by atoms with Crippen molar-refractivity contribution in [1.29, 1.82) is 0 Å². The summed E-state index contributed by atoms with van der Waals surface area (Å²) in [5.74, 6) is 0.750. The molecule has 0 spiro atoms. The number of rotatable bonds is 2. The Kier molecular flexibility index (Phi) is 4.99. The predicted molar refractivity (Wildman–Crippen MR) is 180 cm³/mol. The molecule has 2 nitrogen and oxygen atoms in total. The predicted octanol–water partition coefficient (Wildman–Crippen LogP) is 10.7. The standard InChI is InChI=1S/C41H28N2/c1-41(2)37-28-22-21-27(40-42-35-19-11-10-18-33(35)39(43-40)25-12-4-3-5-13-25)24-26(28)20-23-34(37)36-31-16-8-6-14-29(31)30-15-7-9-17-32(30)38(36)41/h3-24H,1-2H3. The maximum atomic E-state index is 5.14. The summed E-state index contributed by atoms with van der Waals surface area (Å²) in [7, 11) is 0. The number of benzene rings is 7. The highest BCUT2D eigenvalue weighted by molar-refractivity contribution is 6.19. The third kappa shape index (κ3) is 3.41. The van der Waals surface area contributed by atoms with Gasteiger partial charge in [-0.1, -0.05) is 135 Å². The molecular weight excluding hydrogens is 520 g/mol. The normalized spacial score (nSPS) is 13.5. The minimum absolute atomic E-state index is 0.157. The lowest BCUT2D eigenvalue weighted by atomic mass is 9.78. The van der Waals surface area contributed by atoms with Crippen molar-refractivity contribution in [2.45, 2.75) is 19.3 Å². The van der Waals surface area contributed by atoms with Crippen LogP contribution in [0.3, 0.4) is 0 Å². The Bertz CT molecular complexity index is 2420. The number of fused-ring (bicyclic) bond motifs is 11. The van der Waals surface area contributed by atoms with Crippen LogP contribution in [-0.2, 0) is 5.41 Å². The van der Waals surface area contributed by atoms with E-state index < -0.39 is 0 Å². The molecule has 8 aromatic rings. The van der Waals surface area contributed by atoms with Crippen molar-refractivity contribution in [3.05, 3.63) is 145 Å². The molecule has 0 fully saturated rings. The number of para-hydroxylation sites is 1. The monoisotopic (exact) mass is 548 g/mol. The second-order valence-electron chi connectivity index (χ2n) is 12.2. The molecule has 1 heterocycles. The van der Waals surface area contributed by atoms with Crippen molar-refractivity contribution in [2.24, 2.45) is 0 Å². The summed E-state index contributed by atoms with van der Waals surface area (Å²) < 4.78 is 0. The molecule has 0 amide bonds. The zero-order chi connectivity index (χ0) is 28.7. The first-order chi connectivity index (χ1) is 21.1. The van der Waals surface area contributed by atoms with Crippen LogP contribution in [0.5, 0.6) is 0 Å². The summed E-state index contributed by atoms with van der Waals surface area (Å²) in [6.45, 7) is 4.79. The Morgan fingerprint density at radius 2 is 1.12 bits per heavy atom. The lowest BCUT2D eigenvalue weighted by Crippen LogP contribution is -2.16. The highest BCUT2D eigenvalue weighted by atomic mass is 14.9. The Balaban J connectivity index is 1.28. The van der Waals surface area contributed by atoms with Crippen LogP contribution in [0.4, 0.5) is 0 Å². The van der Waals surface area contributed by atoms with E-state index in [1.807, 2.05) is 12.1 Å². The lowest BCUT2D eigenvalue weighted by Gasteiger charge is -2.25. The fourth-order valence-corrected chi connectivity index (χ4v) is 7.57. The second-order valence-corrected chi connectivity index (χ2v) is 12.2. The van der Waals surface area contributed by atoms with Crippen molar-refractivity contribution in [3.8, 4) is 33.8 Å². The Hall–Kier alpha value is -5.34. The number of hydrogen-bond donors (Lipinski definition) is 0. The first-order valence-corrected chi connectivity index (χ1v) is 14.9. The smallest absolute Gasteiger partial charge is 0.160 e. The summed E-state index contributed by atoms with van der Waals surface area (Å²) >= 11 is 0. The van der Waals surface area contributed by atoms with Crippen LogP contribution >= 0.6 is 0 Å². The van der Waals surface area contributed by atoms with Crippen molar-refractivity contribution in [1.82, 2.24) is 9.97 Å². The molecule has 0 aliphatic heterocycles. The maximum Gasteiger partial charge on any atom is 0.160 e. The lowest BCUT2D eigenvalue weighted by molar-refractivity contribution is 0.672. The van der Waals surface area contributed by atoms with E-state index in [4.69, 9.17) is 9.97 Å². The topological polar surface area (TPSA) is 25.8 Å². The highest BCUT2D eigenvalue weighted by Crippen LogP contribution is 2.56. The summed E-state index contributed by atoms with van der Waals surface area (Å²) in [6, 6.07) is 47.9. The number of nitrogens with zero attached hydrogens (tertiary/aromatic N) is 2. The van der Waals surface area contributed by atoms with Crippen molar-refractivity contribution >= 4 is 43.2 Å². The van der Waals surface area contributed by atoms with Gasteiger partial charge in [-0.2, -0.15) is 0 Å². The second kappa shape index (κ2) is 8.83. The van der Waals surface area contributed by atoms with Crippen LogP contribution in [0.1, 0.15) is 25.0 Å². The highest BCUT2D eigenvalue weighted by Gasteiger charge is 2.39. The van der Waals surface area contributed by atoms with Crippen LogP contribution in [0, 0.1) is 0 Å². The SMILES string of the molecule is CC1(C)c2c(ccc3cc(-c4nc(-c5ccccc5)c5ccccc5n4)ccc23)-c2c1c1ccccc1c1ccccc21. The molecule has 0 bridgehead atoms. The fraction of sp³-hybridized carbons (Fsp3) is 0.0732. The Morgan fingerprint density at radius 3 is 1.91 bits per heavy atom. The van der Waals surface area contributed by atoms with Gasteiger partial charge >= 0.3 is 0 Å². The number of hydrogen-bond acceptors (Lipinski definition) is 2. The Labute approximate surface area is 250 Å². The van der Waals surface area contributed by atoms with Gasteiger partial charge in [-0.25, -0.2) is 9.97 Å². The van der Waals surface area contributed by atoms with Gasteiger partial charge in [-0.3, -0.25) is 0 Å². The molecule has 1 aromatic heterocycles. The van der Waals surface area contributed by atoms with Gasteiger partial charge < -0.3 is 0 Å². The van der Waals surface area contributed by atoms with Gasteiger partial charge in [0.25, 0.3) is 0 Å². The average molecular weight is 549 g/mol. The molecule has 0 atom stereocenters. The van der Waals surface area contributed by atoms with Gasteiger partial charge in [0, 0.05) is 21.9 Å². The van der Waals surface area contributed by atoms with Crippen LogP contribution in [0.2, 0.25) is 0 Å². The van der Waals surface area contributed by atoms with Gasteiger partial charge in [0.1, 0.15) is 0 Å². The molecule has 1 aliphatic rings. The third-order valence-corrected chi connectivity index (χ3v) is 9.38. The minimum atomic E-state index is -0.157. The van der Waals surface area contributed by atoms with E-state index in [2.05, 4.69) is 135 Å². The van der Waals surface area contributed by atoms with Gasteiger partial charge in [0.05, 0.1) is 11.2 Å². The van der Waals surface area contributed by atoms with Crippen LogP contribution in [0.15, 0.2) is 133 Å². The first-order valence-electron chi connectivity index (χ1n) is 14.9. The van der Waals surface area contributed by atoms with E-state index in [0.717, 1.165) is 33.5 Å². The van der Waals surface area contributed by atoms with E-state index >= 15 is 0 Å². The minimum Gasteiger partial charge on any atom is -0.228 e.